The normalized spacial score (nSPS) is 11.7. The van der Waals surface area contributed by atoms with E-state index in [0.717, 1.165) is 106 Å². The van der Waals surface area contributed by atoms with Gasteiger partial charge in [-0.05, 0) is 103 Å². The number of nitrogens with zero attached hydrogens (tertiary/aromatic N) is 5. The van der Waals surface area contributed by atoms with Crippen molar-refractivity contribution in [1.82, 2.24) is 24.5 Å². The van der Waals surface area contributed by atoms with Crippen LogP contribution in [0.3, 0.4) is 0 Å². The molecular weight excluding hydrogens is 1070 g/mol. The maximum Gasteiger partial charge on any atom is 0.216 e. The number of imidazole rings is 1. The average molecular weight is 1120 g/mol. The van der Waals surface area contributed by atoms with Gasteiger partial charge in [-0.1, -0.05) is 123 Å². The SMILES string of the molecule is C[Si](C)(C)c1cnc(-c2[c-]cccc2)cc1-c1cccc2c1oc1ccccc12.Cc1cc2nc(-c3[c-]cc(C(C)C)c4c3oc3nc(C)ccc34)n(-c3c(C)cc(-c4ccccc4)cc3C)c2cn1.[Ir]. The van der Waals surface area contributed by atoms with Gasteiger partial charge in [-0.15, -0.1) is 53.6 Å². The Morgan fingerprint density at radius 2 is 1.37 bits per heavy atom. The van der Waals surface area contributed by atoms with Gasteiger partial charge in [0.1, 0.15) is 11.2 Å². The average Bonchev–Trinajstić information content (AvgIpc) is 4.05. The summed E-state index contributed by atoms with van der Waals surface area (Å²) in [6.07, 6.45) is 3.99. The predicted octanol–water partition coefficient (Wildman–Crippen LogP) is 15.9. The molecule has 0 bridgehead atoms. The summed E-state index contributed by atoms with van der Waals surface area (Å²) in [6.45, 7) is 19.8. The molecule has 0 aliphatic rings. The first-order chi connectivity index (χ1) is 33.8. The van der Waals surface area contributed by atoms with Crippen molar-refractivity contribution in [2.45, 2.75) is 67.1 Å². The van der Waals surface area contributed by atoms with Crippen molar-refractivity contribution in [3.05, 3.63) is 192 Å². The third kappa shape index (κ3) is 8.62. The van der Waals surface area contributed by atoms with Crippen LogP contribution in [-0.2, 0) is 20.1 Å². The maximum absolute atomic E-state index is 6.55. The molecule has 6 aromatic carbocycles. The molecule has 0 aliphatic heterocycles. The molecule has 6 heterocycles. The fourth-order valence-corrected chi connectivity index (χ4v) is 11.4. The van der Waals surface area contributed by atoms with Crippen LogP contribution in [-0.4, -0.2) is 32.6 Å². The Morgan fingerprint density at radius 3 is 2.11 bits per heavy atom. The minimum atomic E-state index is -1.63. The van der Waals surface area contributed by atoms with Crippen LogP contribution in [0, 0.1) is 39.8 Å². The molecule has 353 valence electrons. The monoisotopic (exact) mass is 1120 g/mol. The van der Waals surface area contributed by atoms with Crippen LogP contribution in [0.15, 0.2) is 161 Å². The fraction of sp³-hybridized carbons (Fsp3) is 0.161. The van der Waals surface area contributed by atoms with Crippen molar-refractivity contribution >= 4 is 68.3 Å². The zero-order valence-electron chi connectivity index (χ0n) is 41.4. The second-order valence-electron chi connectivity index (χ2n) is 19.7. The number of furan rings is 2. The zero-order chi connectivity index (χ0) is 48.4. The largest absolute Gasteiger partial charge is 0.486 e. The number of aromatic nitrogens is 5. The molecule has 71 heavy (non-hydrogen) atoms. The first kappa shape index (κ1) is 47.4. The van der Waals surface area contributed by atoms with Crippen LogP contribution in [0.2, 0.25) is 19.6 Å². The summed E-state index contributed by atoms with van der Waals surface area (Å²) in [7, 11) is -1.63. The molecule has 0 unspecified atom stereocenters. The molecule has 12 rings (SSSR count). The molecule has 0 amide bonds. The van der Waals surface area contributed by atoms with Gasteiger partial charge in [0.05, 0.1) is 36.7 Å². The Balaban J connectivity index is 0.000000171. The molecule has 0 spiro atoms. The molecule has 9 heteroatoms. The van der Waals surface area contributed by atoms with Gasteiger partial charge in [0.2, 0.25) is 5.71 Å². The first-order valence-electron chi connectivity index (χ1n) is 24.0. The Kier molecular flexibility index (Phi) is 12.5. The molecule has 12 aromatic rings. The van der Waals surface area contributed by atoms with E-state index in [1.165, 1.54) is 27.4 Å². The minimum Gasteiger partial charge on any atom is -0.486 e. The molecule has 1 radical (unpaired) electrons. The van der Waals surface area contributed by atoms with E-state index in [1.807, 2.05) is 68.6 Å². The van der Waals surface area contributed by atoms with Gasteiger partial charge in [-0.3, -0.25) is 9.97 Å². The number of hydrogen-bond donors (Lipinski definition) is 0. The first-order valence-corrected chi connectivity index (χ1v) is 27.5. The van der Waals surface area contributed by atoms with Crippen LogP contribution >= 0.6 is 0 Å². The Bertz CT molecular complexity index is 3940. The molecule has 0 saturated heterocycles. The fourth-order valence-electron chi connectivity index (χ4n) is 9.96. The number of benzene rings is 6. The Hall–Kier alpha value is -7.29. The summed E-state index contributed by atoms with van der Waals surface area (Å²) in [5, 5.41) is 5.75. The topological polar surface area (TPSA) is 82.8 Å². The maximum atomic E-state index is 6.55. The van der Waals surface area contributed by atoms with Crippen molar-refractivity contribution in [1.29, 1.82) is 0 Å². The summed E-state index contributed by atoms with van der Waals surface area (Å²) in [5.74, 6) is 1.08. The number of hydrogen-bond acceptors (Lipinski definition) is 6. The van der Waals surface area contributed by atoms with Crippen molar-refractivity contribution in [3.63, 3.8) is 0 Å². The molecule has 0 aliphatic carbocycles. The molecule has 0 atom stereocenters. The van der Waals surface area contributed by atoms with Gasteiger partial charge in [-0.25, -0.2) is 4.98 Å². The summed E-state index contributed by atoms with van der Waals surface area (Å²) < 4.78 is 15.1. The number of para-hydroxylation sites is 2. The van der Waals surface area contributed by atoms with Crippen LogP contribution < -0.4 is 5.19 Å². The van der Waals surface area contributed by atoms with E-state index in [0.29, 0.717) is 11.6 Å². The van der Waals surface area contributed by atoms with Crippen LogP contribution in [0.1, 0.15) is 47.8 Å². The third-order valence-electron chi connectivity index (χ3n) is 13.3. The number of rotatable bonds is 7. The van der Waals surface area contributed by atoms with E-state index < -0.39 is 8.07 Å². The van der Waals surface area contributed by atoms with E-state index in [2.05, 4.69) is 166 Å². The van der Waals surface area contributed by atoms with Crippen LogP contribution in [0.4, 0.5) is 0 Å². The Morgan fingerprint density at radius 1 is 0.620 bits per heavy atom. The van der Waals surface area contributed by atoms with E-state index >= 15 is 0 Å². The molecule has 0 fully saturated rings. The smallest absolute Gasteiger partial charge is 0.216 e. The van der Waals surface area contributed by atoms with E-state index in [9.17, 15) is 0 Å². The predicted molar refractivity (Wildman–Crippen MR) is 291 cm³/mol. The van der Waals surface area contributed by atoms with E-state index in [1.54, 1.807) is 0 Å². The summed E-state index contributed by atoms with van der Waals surface area (Å²) in [6, 6.07) is 55.1. The van der Waals surface area contributed by atoms with E-state index in [4.69, 9.17) is 23.8 Å². The Labute approximate surface area is 429 Å². The zero-order valence-corrected chi connectivity index (χ0v) is 44.8. The van der Waals surface area contributed by atoms with E-state index in [-0.39, 0.29) is 20.1 Å². The van der Waals surface area contributed by atoms with Crippen molar-refractivity contribution < 1.29 is 28.9 Å². The van der Waals surface area contributed by atoms with Crippen molar-refractivity contribution in [3.8, 4) is 50.6 Å². The van der Waals surface area contributed by atoms with Gasteiger partial charge >= 0.3 is 0 Å². The summed E-state index contributed by atoms with van der Waals surface area (Å²) in [4.78, 5) is 19.4. The molecule has 0 N–H and O–H groups in total. The van der Waals surface area contributed by atoms with Crippen molar-refractivity contribution in [2.75, 3.05) is 0 Å². The summed E-state index contributed by atoms with van der Waals surface area (Å²) >= 11 is 0. The van der Waals surface area contributed by atoms with Crippen molar-refractivity contribution in [2.24, 2.45) is 0 Å². The minimum absolute atomic E-state index is 0. The van der Waals surface area contributed by atoms with Gasteiger partial charge in [0.15, 0.2) is 0 Å². The van der Waals surface area contributed by atoms with Crippen LogP contribution in [0.5, 0.6) is 0 Å². The standard InChI is InChI=1S/C36H31N4O.C26H22NOSi.Ir/c1-20(2)27-14-15-29(34-32(27)28-13-12-23(5)38-36(28)41-34)35-39-30-18-24(6)37-19-31(30)40(35)33-21(3)16-26(17-22(33)4)25-10-8-7-9-11-25;1-29(2,3)25-17-27-23(18-10-5-4-6-11-18)16-22(25)21-14-9-13-20-19-12-7-8-15-24(19)28-26(20)21;/h7-14,16-20H,1-6H3;4-10,12-17H,1-3H3;/q2*-1;. The third-order valence-corrected chi connectivity index (χ3v) is 15.3. The van der Waals surface area contributed by atoms with Gasteiger partial charge in [0, 0.05) is 65.1 Å². The van der Waals surface area contributed by atoms with Gasteiger partial charge in [0.25, 0.3) is 0 Å². The molecule has 6 aromatic heterocycles. The number of pyridine rings is 3. The van der Waals surface area contributed by atoms with Gasteiger partial charge in [-0.2, -0.15) is 0 Å². The number of aryl methyl sites for hydroxylation is 4. The molecule has 7 nitrogen and oxygen atoms in total. The second-order valence-corrected chi connectivity index (χ2v) is 24.8. The van der Waals surface area contributed by atoms with Gasteiger partial charge < -0.3 is 18.4 Å². The quantitative estimate of drug-likeness (QED) is 0.117. The van der Waals surface area contributed by atoms with Crippen LogP contribution in [0.25, 0.3) is 106 Å². The summed E-state index contributed by atoms with van der Waals surface area (Å²) in [5.41, 5.74) is 19.1. The molecular formula is C62H53IrN5O2Si-2. The molecule has 0 saturated carbocycles. The second kappa shape index (κ2) is 18.8. The number of fused-ring (bicyclic) bond motifs is 7.